The van der Waals surface area contributed by atoms with Gasteiger partial charge in [-0.15, -0.1) is 0 Å². The number of nitrogens with one attached hydrogen (secondary N) is 1. The van der Waals surface area contributed by atoms with Crippen LogP contribution in [0.1, 0.15) is 18.4 Å². The van der Waals surface area contributed by atoms with E-state index in [4.69, 9.17) is 9.47 Å². The Hall–Kier alpha value is -2.18. The van der Waals surface area contributed by atoms with Crippen LogP contribution < -0.4 is 10.1 Å². The number of pyridine rings is 1. The predicted octanol–water partition coefficient (Wildman–Crippen LogP) is 3.32. The molecule has 26 heavy (non-hydrogen) atoms. The highest BCUT2D eigenvalue weighted by atomic mass is 19.1. The van der Waals surface area contributed by atoms with Crippen LogP contribution in [0.4, 0.5) is 10.2 Å². The molecular formula is C20H26FN3O2. The van der Waals surface area contributed by atoms with E-state index < -0.39 is 0 Å². The van der Waals surface area contributed by atoms with E-state index in [-0.39, 0.29) is 5.82 Å². The number of likely N-dealkylation sites (N-methyl/N-ethyl adjacent to an activating group) is 1. The quantitative estimate of drug-likeness (QED) is 0.783. The first-order valence-electron chi connectivity index (χ1n) is 9.06. The summed E-state index contributed by atoms with van der Waals surface area (Å²) >= 11 is 0. The minimum absolute atomic E-state index is 0.336. The number of aromatic nitrogens is 1. The molecule has 6 heteroatoms. The van der Waals surface area contributed by atoms with Crippen molar-refractivity contribution in [1.82, 2.24) is 9.88 Å². The van der Waals surface area contributed by atoms with E-state index in [9.17, 15) is 4.39 Å². The van der Waals surface area contributed by atoms with Crippen molar-refractivity contribution in [3.05, 3.63) is 54.0 Å². The van der Waals surface area contributed by atoms with Gasteiger partial charge in [0.1, 0.15) is 24.0 Å². The maximum atomic E-state index is 12.9. The van der Waals surface area contributed by atoms with Crippen LogP contribution in [0.5, 0.6) is 5.75 Å². The van der Waals surface area contributed by atoms with Crippen molar-refractivity contribution in [2.24, 2.45) is 0 Å². The molecule has 0 spiro atoms. The fraction of sp³-hybridized carbons (Fsp3) is 0.450. The molecule has 2 heterocycles. The maximum absolute atomic E-state index is 12.9. The third-order valence-electron chi connectivity index (χ3n) is 4.63. The van der Waals surface area contributed by atoms with E-state index in [2.05, 4.69) is 22.2 Å². The van der Waals surface area contributed by atoms with Gasteiger partial charge in [0, 0.05) is 32.3 Å². The van der Waals surface area contributed by atoms with Gasteiger partial charge in [0.15, 0.2) is 0 Å². The Morgan fingerprint density at radius 3 is 2.88 bits per heavy atom. The summed E-state index contributed by atoms with van der Waals surface area (Å²) in [5.74, 6) is 1.17. The minimum atomic E-state index is -0.336. The average molecular weight is 359 g/mol. The first-order chi connectivity index (χ1) is 12.7. The van der Waals surface area contributed by atoms with Crippen LogP contribution >= 0.6 is 0 Å². The zero-order chi connectivity index (χ0) is 18.2. The largest absolute Gasteiger partial charge is 0.492 e. The molecule has 5 nitrogen and oxygen atoms in total. The van der Waals surface area contributed by atoms with Gasteiger partial charge >= 0.3 is 0 Å². The summed E-state index contributed by atoms with van der Waals surface area (Å²) in [6, 6.07) is 11.6. The molecule has 0 bridgehead atoms. The second-order valence-electron chi connectivity index (χ2n) is 6.54. The van der Waals surface area contributed by atoms with Crippen molar-refractivity contribution >= 4 is 5.82 Å². The highest BCUT2D eigenvalue weighted by molar-refractivity contribution is 5.36. The average Bonchev–Trinajstić information content (AvgIpc) is 2.68. The molecule has 1 aliphatic rings. The van der Waals surface area contributed by atoms with Gasteiger partial charge in [-0.1, -0.05) is 12.1 Å². The van der Waals surface area contributed by atoms with Gasteiger partial charge < -0.3 is 14.8 Å². The second-order valence-corrected chi connectivity index (χ2v) is 6.54. The van der Waals surface area contributed by atoms with Crippen LogP contribution in [-0.2, 0) is 11.3 Å². The van der Waals surface area contributed by atoms with E-state index in [0.29, 0.717) is 25.0 Å². The lowest BCUT2D eigenvalue weighted by Gasteiger charge is -2.31. The molecule has 0 radical (unpaired) electrons. The second kappa shape index (κ2) is 9.50. The number of ether oxygens (including phenoxy) is 2. The van der Waals surface area contributed by atoms with E-state index in [0.717, 1.165) is 43.9 Å². The minimum Gasteiger partial charge on any atom is -0.492 e. The van der Waals surface area contributed by atoms with Gasteiger partial charge in [0.05, 0.1) is 6.20 Å². The molecule has 1 saturated heterocycles. The van der Waals surface area contributed by atoms with E-state index in [1.54, 1.807) is 6.07 Å². The fourth-order valence-electron chi connectivity index (χ4n) is 3.03. The molecular weight excluding hydrogens is 333 g/mol. The first-order valence-corrected chi connectivity index (χ1v) is 9.06. The summed E-state index contributed by atoms with van der Waals surface area (Å²) < 4.78 is 24.2. The molecule has 0 unspecified atom stereocenters. The van der Waals surface area contributed by atoms with E-state index in [1.807, 2.05) is 24.3 Å². The first kappa shape index (κ1) is 18.6. The molecule has 1 aromatic carbocycles. The molecule has 3 rings (SSSR count). The van der Waals surface area contributed by atoms with Crippen molar-refractivity contribution in [1.29, 1.82) is 0 Å². The number of hydrogen-bond acceptors (Lipinski definition) is 5. The molecule has 0 amide bonds. The molecule has 0 atom stereocenters. The Morgan fingerprint density at radius 1 is 1.27 bits per heavy atom. The van der Waals surface area contributed by atoms with Crippen molar-refractivity contribution in [2.75, 3.05) is 38.7 Å². The molecule has 140 valence electrons. The zero-order valence-electron chi connectivity index (χ0n) is 15.2. The molecule has 1 N–H and O–H groups in total. The lowest BCUT2D eigenvalue weighted by molar-refractivity contribution is 0.0392. The Bertz CT molecular complexity index is 675. The number of anilines is 1. The summed E-state index contributed by atoms with van der Waals surface area (Å²) in [5.41, 5.74) is 1.09. The van der Waals surface area contributed by atoms with Gasteiger partial charge in [0.2, 0.25) is 0 Å². The van der Waals surface area contributed by atoms with E-state index >= 15 is 0 Å². The van der Waals surface area contributed by atoms with Gasteiger partial charge in [-0.2, -0.15) is 0 Å². The van der Waals surface area contributed by atoms with E-state index in [1.165, 1.54) is 12.3 Å². The molecule has 1 fully saturated rings. The Labute approximate surface area is 154 Å². The number of nitrogens with zero attached hydrogens (tertiary/aromatic N) is 2. The zero-order valence-corrected chi connectivity index (χ0v) is 15.2. The van der Waals surface area contributed by atoms with Crippen LogP contribution in [0.15, 0.2) is 42.6 Å². The normalized spacial score (nSPS) is 15.2. The third-order valence-corrected chi connectivity index (χ3v) is 4.63. The van der Waals surface area contributed by atoms with Gasteiger partial charge in [0.25, 0.3) is 0 Å². The van der Waals surface area contributed by atoms with Crippen LogP contribution in [0.2, 0.25) is 0 Å². The summed E-state index contributed by atoms with van der Waals surface area (Å²) in [6.45, 7) is 3.87. The molecule has 2 aromatic rings. The smallest absolute Gasteiger partial charge is 0.141 e. The lowest BCUT2D eigenvalue weighted by Crippen LogP contribution is -2.38. The monoisotopic (exact) mass is 359 g/mol. The van der Waals surface area contributed by atoms with Crippen LogP contribution in [0.3, 0.4) is 0 Å². The molecule has 0 saturated carbocycles. The van der Waals surface area contributed by atoms with Crippen LogP contribution in [0, 0.1) is 5.82 Å². The van der Waals surface area contributed by atoms with Gasteiger partial charge in [-0.25, -0.2) is 9.37 Å². The van der Waals surface area contributed by atoms with Crippen molar-refractivity contribution in [3.8, 4) is 5.75 Å². The topological polar surface area (TPSA) is 46.6 Å². The highest BCUT2D eigenvalue weighted by Crippen LogP contribution is 2.16. The Kier molecular flexibility index (Phi) is 6.80. The lowest BCUT2D eigenvalue weighted by atomic mass is 10.1. The summed E-state index contributed by atoms with van der Waals surface area (Å²) in [6.07, 6.45) is 3.39. The number of rotatable bonds is 8. The summed E-state index contributed by atoms with van der Waals surface area (Å²) in [5, 5.41) is 3.18. The Balaban J connectivity index is 1.44. The molecule has 1 aromatic heterocycles. The van der Waals surface area contributed by atoms with Crippen molar-refractivity contribution in [2.45, 2.75) is 25.4 Å². The SMILES string of the molecule is CN(CCOc1cccc(CNc2ccc(F)cn2)c1)C1CCOCC1. The Morgan fingerprint density at radius 2 is 2.12 bits per heavy atom. The number of hydrogen-bond donors (Lipinski definition) is 1. The summed E-state index contributed by atoms with van der Waals surface area (Å²) in [4.78, 5) is 6.35. The van der Waals surface area contributed by atoms with Crippen molar-refractivity contribution < 1.29 is 13.9 Å². The van der Waals surface area contributed by atoms with Gasteiger partial charge in [-0.3, -0.25) is 4.90 Å². The number of halogens is 1. The molecule has 1 aliphatic heterocycles. The fourth-order valence-corrected chi connectivity index (χ4v) is 3.03. The van der Waals surface area contributed by atoms with Crippen molar-refractivity contribution in [3.63, 3.8) is 0 Å². The van der Waals surface area contributed by atoms with Crippen LogP contribution in [0.25, 0.3) is 0 Å². The van der Waals surface area contributed by atoms with Crippen LogP contribution in [-0.4, -0.2) is 49.3 Å². The highest BCUT2D eigenvalue weighted by Gasteiger charge is 2.17. The van der Waals surface area contributed by atoms with Gasteiger partial charge in [-0.05, 0) is 49.7 Å². The standard InChI is InChI=1S/C20H26FN3O2/c1-24(18-7-10-25-11-8-18)9-12-26-19-4-2-3-16(13-19)14-22-20-6-5-17(21)15-23-20/h2-6,13,15,18H,7-12,14H2,1H3,(H,22,23). The molecule has 0 aliphatic carbocycles. The number of benzene rings is 1. The summed E-state index contributed by atoms with van der Waals surface area (Å²) in [7, 11) is 2.15. The third kappa shape index (κ3) is 5.68. The predicted molar refractivity (Wildman–Crippen MR) is 99.9 cm³/mol. The maximum Gasteiger partial charge on any atom is 0.141 e.